The highest BCUT2D eigenvalue weighted by molar-refractivity contribution is 6.33. The first kappa shape index (κ1) is 20.6. The van der Waals surface area contributed by atoms with Crippen LogP contribution in [0.4, 0.5) is 13.2 Å². The van der Waals surface area contributed by atoms with Gasteiger partial charge in [0.2, 0.25) is 5.82 Å². The van der Waals surface area contributed by atoms with Crippen LogP contribution >= 0.6 is 11.6 Å². The maximum Gasteiger partial charge on any atom is 0.471 e. The zero-order valence-electron chi connectivity index (χ0n) is 15.6. The first-order chi connectivity index (χ1) is 14.8. The van der Waals surface area contributed by atoms with Crippen molar-refractivity contribution >= 4 is 17.5 Å². The smallest absolute Gasteiger partial charge is 0.348 e. The summed E-state index contributed by atoms with van der Waals surface area (Å²) in [7, 11) is 0. The lowest BCUT2D eigenvalue weighted by Gasteiger charge is -2.05. The third kappa shape index (κ3) is 4.58. The van der Waals surface area contributed by atoms with Gasteiger partial charge in [-0.25, -0.2) is 4.68 Å². The molecule has 0 atom stereocenters. The van der Waals surface area contributed by atoms with Gasteiger partial charge < -0.3 is 9.84 Å². The van der Waals surface area contributed by atoms with Gasteiger partial charge in [0, 0.05) is 23.9 Å². The highest BCUT2D eigenvalue weighted by Crippen LogP contribution is 2.29. The Bertz CT molecular complexity index is 1220. The molecule has 0 radical (unpaired) electrons. The Morgan fingerprint density at radius 3 is 2.55 bits per heavy atom. The number of hydrogen-bond acceptors (Lipinski definition) is 5. The average Bonchev–Trinajstić information content (AvgIpc) is 3.42. The summed E-state index contributed by atoms with van der Waals surface area (Å²) in [6.45, 7) is 0.241. The van der Waals surface area contributed by atoms with Gasteiger partial charge >= 0.3 is 12.1 Å². The fourth-order valence-electron chi connectivity index (χ4n) is 2.73. The Kier molecular flexibility index (Phi) is 5.47. The van der Waals surface area contributed by atoms with Crippen LogP contribution in [-0.2, 0) is 12.7 Å². The summed E-state index contributed by atoms with van der Waals surface area (Å²) in [5.74, 6) is -1.87. The number of carbonyl (C=O) groups excluding carboxylic acids is 1. The van der Waals surface area contributed by atoms with Gasteiger partial charge in [0.05, 0.1) is 22.5 Å². The molecule has 158 valence electrons. The van der Waals surface area contributed by atoms with Crippen LogP contribution in [0.15, 0.2) is 65.4 Å². The van der Waals surface area contributed by atoms with Crippen LogP contribution < -0.4 is 5.32 Å². The Morgan fingerprint density at radius 1 is 1.13 bits per heavy atom. The van der Waals surface area contributed by atoms with E-state index in [4.69, 9.17) is 11.6 Å². The van der Waals surface area contributed by atoms with Crippen LogP contribution in [0.5, 0.6) is 0 Å². The predicted octanol–water partition coefficient (Wildman–Crippen LogP) is 4.52. The monoisotopic (exact) mass is 447 g/mol. The topological polar surface area (TPSA) is 85.8 Å². The molecule has 0 aliphatic heterocycles. The maximum atomic E-state index is 12.6. The predicted molar refractivity (Wildman–Crippen MR) is 104 cm³/mol. The van der Waals surface area contributed by atoms with E-state index in [1.807, 2.05) is 0 Å². The molecule has 0 saturated carbocycles. The van der Waals surface area contributed by atoms with Gasteiger partial charge in [0.25, 0.3) is 5.91 Å². The number of amides is 1. The largest absolute Gasteiger partial charge is 0.471 e. The lowest BCUT2D eigenvalue weighted by Crippen LogP contribution is -2.22. The fraction of sp³-hybridized carbons (Fsp3) is 0.100. The van der Waals surface area contributed by atoms with Crippen molar-refractivity contribution in [3.63, 3.8) is 0 Å². The Balaban J connectivity index is 1.42. The summed E-state index contributed by atoms with van der Waals surface area (Å²) < 4.78 is 43.6. The van der Waals surface area contributed by atoms with Gasteiger partial charge in [0.1, 0.15) is 0 Å². The summed E-state index contributed by atoms with van der Waals surface area (Å²) in [6, 6.07) is 13.1. The number of aromatic nitrogens is 4. The SMILES string of the molecule is O=C(NCc1cnn(-c2ccc(-c3noc(C(F)(F)F)n3)cc2)c1)c1ccccc1Cl. The van der Waals surface area contributed by atoms with Gasteiger partial charge in [-0.1, -0.05) is 28.9 Å². The van der Waals surface area contributed by atoms with E-state index < -0.39 is 12.1 Å². The molecular weight excluding hydrogens is 435 g/mol. The summed E-state index contributed by atoms with van der Waals surface area (Å²) >= 11 is 6.02. The molecule has 0 aliphatic carbocycles. The van der Waals surface area contributed by atoms with E-state index in [1.165, 1.54) is 0 Å². The molecule has 31 heavy (non-hydrogen) atoms. The molecular formula is C20H13ClF3N5O2. The van der Waals surface area contributed by atoms with E-state index >= 15 is 0 Å². The number of hydrogen-bond donors (Lipinski definition) is 1. The zero-order valence-corrected chi connectivity index (χ0v) is 16.4. The standard InChI is InChI=1S/C20H13ClF3N5O2/c21-16-4-2-1-3-15(16)18(30)25-9-12-10-26-29(11-12)14-7-5-13(6-8-14)17-27-19(31-28-17)20(22,23)24/h1-8,10-11H,9H2,(H,25,30). The molecule has 1 N–H and O–H groups in total. The lowest BCUT2D eigenvalue weighted by molar-refractivity contribution is -0.159. The van der Waals surface area contributed by atoms with Gasteiger partial charge in [-0.3, -0.25) is 4.79 Å². The first-order valence-corrected chi connectivity index (χ1v) is 9.27. The maximum absolute atomic E-state index is 12.6. The molecule has 0 unspecified atom stereocenters. The minimum absolute atomic E-state index is 0.165. The van der Waals surface area contributed by atoms with Gasteiger partial charge in [-0.15, -0.1) is 0 Å². The second-order valence-electron chi connectivity index (χ2n) is 6.42. The van der Waals surface area contributed by atoms with E-state index in [2.05, 4.69) is 25.1 Å². The van der Waals surface area contributed by atoms with E-state index in [9.17, 15) is 18.0 Å². The molecule has 0 aliphatic rings. The molecule has 2 aromatic heterocycles. The van der Waals surface area contributed by atoms with Gasteiger partial charge in [-0.2, -0.15) is 23.3 Å². The van der Waals surface area contributed by atoms with E-state index in [0.29, 0.717) is 21.8 Å². The summed E-state index contributed by atoms with van der Waals surface area (Å²) in [6.07, 6.45) is -1.38. The Hall–Kier alpha value is -3.66. The molecule has 2 heterocycles. The number of nitrogens with one attached hydrogen (secondary N) is 1. The first-order valence-electron chi connectivity index (χ1n) is 8.89. The van der Waals surface area contributed by atoms with Crippen molar-refractivity contribution in [2.75, 3.05) is 0 Å². The van der Waals surface area contributed by atoms with Crippen molar-refractivity contribution < 1.29 is 22.5 Å². The molecule has 11 heteroatoms. The third-order valence-corrected chi connectivity index (χ3v) is 4.60. The molecule has 7 nitrogen and oxygen atoms in total. The molecule has 0 bridgehead atoms. The zero-order chi connectivity index (χ0) is 22.0. The highest BCUT2D eigenvalue weighted by atomic mass is 35.5. The number of nitrogens with zero attached hydrogens (tertiary/aromatic N) is 4. The van der Waals surface area contributed by atoms with Crippen LogP contribution in [0.25, 0.3) is 17.1 Å². The average molecular weight is 448 g/mol. The highest BCUT2D eigenvalue weighted by Gasteiger charge is 2.38. The molecule has 2 aromatic carbocycles. The summed E-state index contributed by atoms with van der Waals surface area (Å²) in [4.78, 5) is 15.6. The second kappa shape index (κ2) is 8.23. The van der Waals surface area contributed by atoms with Crippen molar-refractivity contribution in [1.29, 1.82) is 0 Å². The minimum atomic E-state index is -4.70. The Morgan fingerprint density at radius 2 is 1.87 bits per heavy atom. The number of alkyl halides is 3. The minimum Gasteiger partial charge on any atom is -0.348 e. The van der Waals surface area contributed by atoms with E-state index in [1.54, 1.807) is 65.6 Å². The van der Waals surface area contributed by atoms with Crippen LogP contribution in [-0.4, -0.2) is 25.8 Å². The number of rotatable bonds is 5. The normalized spacial score (nSPS) is 11.5. The lowest BCUT2D eigenvalue weighted by atomic mass is 10.2. The van der Waals surface area contributed by atoms with Gasteiger partial charge in [0.15, 0.2) is 0 Å². The summed E-state index contributed by atoms with van der Waals surface area (Å²) in [5.41, 5.74) is 2.15. The molecule has 0 fully saturated rings. The van der Waals surface area contributed by atoms with Crippen LogP contribution in [0.3, 0.4) is 0 Å². The van der Waals surface area contributed by atoms with Crippen molar-refractivity contribution in [3.8, 4) is 17.1 Å². The molecule has 0 spiro atoms. The van der Waals surface area contributed by atoms with Crippen molar-refractivity contribution in [1.82, 2.24) is 25.2 Å². The number of carbonyl (C=O) groups is 1. The molecule has 1 amide bonds. The molecule has 4 aromatic rings. The van der Waals surface area contributed by atoms with E-state index in [-0.39, 0.29) is 18.3 Å². The third-order valence-electron chi connectivity index (χ3n) is 4.27. The number of halogens is 4. The van der Waals surface area contributed by atoms with Crippen molar-refractivity contribution in [2.45, 2.75) is 12.7 Å². The number of benzene rings is 2. The van der Waals surface area contributed by atoms with Crippen LogP contribution in [0, 0.1) is 0 Å². The van der Waals surface area contributed by atoms with Crippen molar-refractivity contribution in [2.24, 2.45) is 0 Å². The van der Waals surface area contributed by atoms with Gasteiger partial charge in [-0.05, 0) is 36.4 Å². The summed E-state index contributed by atoms with van der Waals surface area (Å²) in [5, 5.41) is 10.7. The fourth-order valence-corrected chi connectivity index (χ4v) is 2.96. The molecule has 4 rings (SSSR count). The van der Waals surface area contributed by atoms with E-state index in [0.717, 1.165) is 5.56 Å². The quantitative estimate of drug-likeness (QED) is 0.486. The second-order valence-corrected chi connectivity index (χ2v) is 6.83. The van der Waals surface area contributed by atoms with Crippen molar-refractivity contribution in [3.05, 3.63) is 83.0 Å². The van der Waals surface area contributed by atoms with Crippen LogP contribution in [0.2, 0.25) is 5.02 Å². The molecule has 0 saturated heterocycles. The van der Waals surface area contributed by atoms with Crippen LogP contribution in [0.1, 0.15) is 21.8 Å². The Labute approximate surface area is 178 Å².